The van der Waals surface area contributed by atoms with Crippen molar-refractivity contribution in [2.75, 3.05) is 0 Å². The van der Waals surface area contributed by atoms with E-state index in [2.05, 4.69) is 21.2 Å². The number of hydrogen-bond acceptors (Lipinski definition) is 2. The predicted molar refractivity (Wildman–Crippen MR) is 87.1 cm³/mol. The van der Waals surface area contributed by atoms with Gasteiger partial charge >= 0.3 is 0 Å². The molecule has 0 bridgehead atoms. The SMILES string of the molecule is Cc1ccc(Br)c(C)c1C1=C(O)C2(CCCCC2)NC1=O. The Balaban J connectivity index is 2.17. The van der Waals surface area contributed by atoms with Gasteiger partial charge in [0, 0.05) is 4.47 Å². The van der Waals surface area contributed by atoms with Crippen molar-refractivity contribution in [3.63, 3.8) is 0 Å². The Labute approximate surface area is 133 Å². The number of hydrogen-bond donors (Lipinski definition) is 2. The molecule has 3 rings (SSSR count). The fourth-order valence-electron chi connectivity index (χ4n) is 3.64. The standard InChI is InChI=1S/C17H20BrNO2/c1-10-6-7-12(18)11(2)13(10)14-15(20)17(19-16(14)21)8-4-3-5-9-17/h6-7,20H,3-5,8-9H2,1-2H3,(H,19,21). The van der Waals surface area contributed by atoms with Gasteiger partial charge in [0.1, 0.15) is 5.76 Å². The number of aryl methyl sites for hydroxylation is 1. The molecular weight excluding hydrogens is 330 g/mol. The van der Waals surface area contributed by atoms with E-state index in [4.69, 9.17) is 0 Å². The lowest BCUT2D eigenvalue weighted by Gasteiger charge is -2.33. The second kappa shape index (κ2) is 5.16. The molecule has 2 aliphatic rings. The van der Waals surface area contributed by atoms with Crippen LogP contribution in [0.5, 0.6) is 0 Å². The Hall–Kier alpha value is -1.29. The van der Waals surface area contributed by atoms with E-state index in [1.54, 1.807) is 0 Å². The summed E-state index contributed by atoms with van der Waals surface area (Å²) in [5.74, 6) is 0.107. The molecule has 1 amide bonds. The minimum absolute atomic E-state index is 0.140. The van der Waals surface area contributed by atoms with Crippen LogP contribution in [0.4, 0.5) is 0 Å². The van der Waals surface area contributed by atoms with Crippen LogP contribution in [0.15, 0.2) is 22.4 Å². The number of benzene rings is 1. The predicted octanol–water partition coefficient (Wildman–Crippen LogP) is 4.17. The van der Waals surface area contributed by atoms with Crippen molar-refractivity contribution >= 4 is 27.4 Å². The molecule has 112 valence electrons. The maximum Gasteiger partial charge on any atom is 0.256 e. The van der Waals surface area contributed by atoms with Crippen LogP contribution < -0.4 is 5.32 Å². The molecule has 2 N–H and O–H groups in total. The van der Waals surface area contributed by atoms with E-state index in [1.807, 2.05) is 26.0 Å². The lowest BCUT2D eigenvalue weighted by atomic mass is 9.80. The van der Waals surface area contributed by atoms with Gasteiger partial charge < -0.3 is 10.4 Å². The largest absolute Gasteiger partial charge is 0.509 e. The molecule has 1 saturated carbocycles. The van der Waals surface area contributed by atoms with E-state index >= 15 is 0 Å². The Morgan fingerprint density at radius 1 is 1.19 bits per heavy atom. The highest BCUT2D eigenvalue weighted by molar-refractivity contribution is 9.10. The zero-order valence-corrected chi connectivity index (χ0v) is 14.0. The molecule has 1 aliphatic carbocycles. The lowest BCUT2D eigenvalue weighted by molar-refractivity contribution is -0.116. The van der Waals surface area contributed by atoms with Crippen LogP contribution in [0, 0.1) is 13.8 Å². The molecule has 1 aromatic rings. The van der Waals surface area contributed by atoms with Crippen molar-refractivity contribution in [2.45, 2.75) is 51.5 Å². The second-order valence-corrected chi connectivity index (χ2v) is 7.04. The van der Waals surface area contributed by atoms with Gasteiger partial charge in [-0.25, -0.2) is 0 Å². The van der Waals surface area contributed by atoms with Crippen LogP contribution in [0.2, 0.25) is 0 Å². The van der Waals surface area contributed by atoms with Crippen molar-refractivity contribution < 1.29 is 9.90 Å². The molecule has 1 aromatic carbocycles. The number of rotatable bonds is 1. The quantitative estimate of drug-likeness (QED) is 0.799. The number of carbonyl (C=O) groups excluding carboxylic acids is 1. The Bertz CT molecular complexity index is 642. The summed E-state index contributed by atoms with van der Waals surface area (Å²) < 4.78 is 0.959. The summed E-state index contributed by atoms with van der Waals surface area (Å²) in [4.78, 5) is 12.5. The van der Waals surface area contributed by atoms with Crippen LogP contribution in [-0.4, -0.2) is 16.6 Å². The molecule has 3 nitrogen and oxygen atoms in total. The molecule has 4 heteroatoms. The highest BCUT2D eigenvalue weighted by atomic mass is 79.9. The number of amides is 1. The smallest absolute Gasteiger partial charge is 0.256 e. The van der Waals surface area contributed by atoms with Crippen molar-refractivity contribution in [3.05, 3.63) is 39.1 Å². The summed E-state index contributed by atoms with van der Waals surface area (Å²) in [6.07, 6.45) is 4.94. The minimum atomic E-state index is -0.522. The molecule has 1 fully saturated rings. The number of aliphatic hydroxyl groups is 1. The van der Waals surface area contributed by atoms with Crippen molar-refractivity contribution in [3.8, 4) is 0 Å². The van der Waals surface area contributed by atoms with Gasteiger partial charge in [-0.3, -0.25) is 4.79 Å². The highest BCUT2D eigenvalue weighted by Crippen LogP contribution is 2.43. The third-order valence-corrected chi connectivity index (χ3v) is 5.69. The van der Waals surface area contributed by atoms with Crippen molar-refractivity contribution in [1.29, 1.82) is 0 Å². The average Bonchev–Trinajstić information content (AvgIpc) is 2.69. The van der Waals surface area contributed by atoms with Crippen molar-refractivity contribution in [1.82, 2.24) is 5.32 Å². The molecule has 21 heavy (non-hydrogen) atoms. The molecule has 0 saturated heterocycles. The van der Waals surface area contributed by atoms with Gasteiger partial charge in [-0.2, -0.15) is 0 Å². The number of carbonyl (C=O) groups is 1. The third kappa shape index (κ3) is 2.20. The summed E-state index contributed by atoms with van der Waals surface area (Å²) >= 11 is 3.52. The zero-order valence-electron chi connectivity index (χ0n) is 12.4. The molecule has 0 atom stereocenters. The fourth-order valence-corrected chi connectivity index (χ4v) is 3.97. The van der Waals surface area contributed by atoms with E-state index in [9.17, 15) is 9.90 Å². The summed E-state index contributed by atoms with van der Waals surface area (Å²) in [5, 5.41) is 13.9. The number of nitrogens with one attached hydrogen (secondary N) is 1. The minimum Gasteiger partial charge on any atom is -0.509 e. The first-order valence-corrected chi connectivity index (χ1v) is 8.28. The van der Waals surface area contributed by atoms with Gasteiger partial charge in [0.25, 0.3) is 5.91 Å². The van der Waals surface area contributed by atoms with Crippen molar-refractivity contribution in [2.24, 2.45) is 0 Å². The average molecular weight is 350 g/mol. The second-order valence-electron chi connectivity index (χ2n) is 6.18. The molecule has 0 aromatic heterocycles. The Kier molecular flexibility index (Phi) is 3.60. The van der Waals surface area contributed by atoms with E-state index in [0.29, 0.717) is 5.57 Å². The molecule has 0 radical (unpaired) electrons. The first-order valence-electron chi connectivity index (χ1n) is 7.48. The molecule has 1 aliphatic heterocycles. The zero-order chi connectivity index (χ0) is 15.2. The Morgan fingerprint density at radius 2 is 1.86 bits per heavy atom. The molecule has 1 heterocycles. The summed E-state index contributed by atoms with van der Waals surface area (Å²) in [6, 6.07) is 3.96. The molecular formula is C17H20BrNO2. The van der Waals surface area contributed by atoms with Crippen LogP contribution in [-0.2, 0) is 4.79 Å². The van der Waals surface area contributed by atoms with Crippen LogP contribution in [0.3, 0.4) is 0 Å². The highest BCUT2D eigenvalue weighted by Gasteiger charge is 2.46. The van der Waals surface area contributed by atoms with E-state index < -0.39 is 5.54 Å². The van der Waals surface area contributed by atoms with Gasteiger partial charge in [0.05, 0.1) is 11.1 Å². The fraction of sp³-hybridized carbons (Fsp3) is 0.471. The van der Waals surface area contributed by atoms with Gasteiger partial charge in [-0.05, 0) is 49.4 Å². The summed E-state index contributed by atoms with van der Waals surface area (Å²) in [6.45, 7) is 3.96. The summed E-state index contributed by atoms with van der Waals surface area (Å²) in [7, 11) is 0. The van der Waals surface area contributed by atoms with E-state index in [0.717, 1.165) is 46.8 Å². The first-order chi connectivity index (χ1) is 9.96. The molecule has 1 spiro atoms. The summed E-state index contributed by atoms with van der Waals surface area (Å²) in [5.41, 5.74) is 2.82. The van der Waals surface area contributed by atoms with Gasteiger partial charge in [0.2, 0.25) is 0 Å². The van der Waals surface area contributed by atoms with Gasteiger partial charge in [-0.15, -0.1) is 0 Å². The number of halogens is 1. The van der Waals surface area contributed by atoms with Crippen LogP contribution >= 0.6 is 15.9 Å². The third-order valence-electron chi connectivity index (χ3n) is 4.83. The van der Waals surface area contributed by atoms with E-state index in [-0.39, 0.29) is 11.7 Å². The van der Waals surface area contributed by atoms with E-state index in [1.165, 1.54) is 6.42 Å². The van der Waals surface area contributed by atoms with Gasteiger partial charge in [0.15, 0.2) is 0 Å². The Morgan fingerprint density at radius 3 is 2.52 bits per heavy atom. The van der Waals surface area contributed by atoms with Crippen LogP contribution in [0.25, 0.3) is 5.57 Å². The number of aliphatic hydroxyl groups excluding tert-OH is 1. The first kappa shape index (κ1) is 14.6. The lowest BCUT2D eigenvalue weighted by Crippen LogP contribution is -2.46. The molecule has 0 unspecified atom stereocenters. The normalized spacial score (nSPS) is 21.0. The maximum atomic E-state index is 12.5. The maximum absolute atomic E-state index is 12.5. The van der Waals surface area contributed by atoms with Crippen LogP contribution in [0.1, 0.15) is 48.8 Å². The topological polar surface area (TPSA) is 49.3 Å². The van der Waals surface area contributed by atoms with Gasteiger partial charge in [-0.1, -0.05) is 41.3 Å². The monoisotopic (exact) mass is 349 g/mol.